The van der Waals surface area contributed by atoms with Crippen LogP contribution in [0.3, 0.4) is 0 Å². The van der Waals surface area contributed by atoms with Gasteiger partial charge >= 0.3 is 0 Å². The lowest BCUT2D eigenvalue weighted by Crippen LogP contribution is -2.25. The van der Waals surface area contributed by atoms with Crippen molar-refractivity contribution in [3.05, 3.63) is 28.2 Å². The minimum atomic E-state index is 0.397. The first-order chi connectivity index (χ1) is 9.62. The van der Waals surface area contributed by atoms with Crippen LogP contribution in [-0.2, 0) is 0 Å². The third-order valence-corrected chi connectivity index (χ3v) is 5.07. The summed E-state index contributed by atoms with van der Waals surface area (Å²) in [7, 11) is 0. The molecule has 1 N–H and O–H groups in total. The Morgan fingerprint density at radius 1 is 1.25 bits per heavy atom. The fourth-order valence-electron chi connectivity index (χ4n) is 2.23. The summed E-state index contributed by atoms with van der Waals surface area (Å²) in [6.45, 7) is 13.3. The summed E-state index contributed by atoms with van der Waals surface area (Å²) in [6, 6.07) is 7.02. The lowest BCUT2D eigenvalue weighted by molar-refractivity contribution is 0.324. The third-order valence-electron chi connectivity index (χ3n) is 3.51. The monoisotopic (exact) mass is 358 g/mol. The van der Waals surface area contributed by atoms with E-state index in [2.05, 4.69) is 72.0 Å². The van der Waals surface area contributed by atoms with E-state index >= 15 is 0 Å². The van der Waals surface area contributed by atoms with Gasteiger partial charge < -0.3 is 10.2 Å². The van der Waals surface area contributed by atoms with Crippen molar-refractivity contribution in [3.63, 3.8) is 0 Å². The van der Waals surface area contributed by atoms with Gasteiger partial charge in [-0.1, -0.05) is 36.7 Å². The molecule has 1 atom stereocenters. The maximum Gasteiger partial charge on any atom is 0.0303 e. The van der Waals surface area contributed by atoms with Gasteiger partial charge in [0.2, 0.25) is 0 Å². The molecule has 0 aliphatic carbocycles. The topological polar surface area (TPSA) is 15.3 Å². The average molecular weight is 359 g/mol. The normalized spacial score (nSPS) is 12.9. The van der Waals surface area contributed by atoms with Gasteiger partial charge in [0.1, 0.15) is 0 Å². The summed E-state index contributed by atoms with van der Waals surface area (Å²) >= 11 is 5.55. The Labute approximate surface area is 136 Å². The van der Waals surface area contributed by atoms with Crippen LogP contribution in [-0.4, -0.2) is 36.8 Å². The second-order valence-electron chi connectivity index (χ2n) is 4.84. The number of rotatable bonds is 9. The van der Waals surface area contributed by atoms with Crippen molar-refractivity contribution in [2.24, 2.45) is 0 Å². The minimum Gasteiger partial charge on any atom is -0.310 e. The van der Waals surface area contributed by atoms with E-state index < -0.39 is 0 Å². The molecule has 0 amide bonds. The number of hydrogen-bond acceptors (Lipinski definition) is 3. The second-order valence-corrected chi connectivity index (χ2v) is 6.89. The van der Waals surface area contributed by atoms with Gasteiger partial charge in [-0.3, -0.25) is 0 Å². The lowest BCUT2D eigenvalue weighted by Gasteiger charge is -2.20. The first-order valence-electron chi connectivity index (χ1n) is 7.50. The van der Waals surface area contributed by atoms with Crippen molar-refractivity contribution in [2.75, 3.05) is 31.9 Å². The number of nitrogens with zero attached hydrogens (tertiary/aromatic N) is 1. The molecule has 0 heterocycles. The molecule has 0 bridgehead atoms. The average Bonchev–Trinajstić information content (AvgIpc) is 2.45. The summed E-state index contributed by atoms with van der Waals surface area (Å²) in [6.07, 6.45) is 0. The molecule has 0 fully saturated rings. The molecule has 4 heteroatoms. The van der Waals surface area contributed by atoms with Gasteiger partial charge in [0.15, 0.2) is 0 Å². The van der Waals surface area contributed by atoms with Crippen molar-refractivity contribution in [3.8, 4) is 0 Å². The molecule has 0 saturated carbocycles. The zero-order valence-corrected chi connectivity index (χ0v) is 15.5. The van der Waals surface area contributed by atoms with Crippen LogP contribution in [0.4, 0.5) is 0 Å². The number of benzene rings is 1. The van der Waals surface area contributed by atoms with Crippen LogP contribution in [0.1, 0.15) is 39.3 Å². The summed E-state index contributed by atoms with van der Waals surface area (Å²) in [4.78, 5) is 3.87. The summed E-state index contributed by atoms with van der Waals surface area (Å²) in [5.41, 5.74) is 1.39. The highest BCUT2D eigenvalue weighted by Crippen LogP contribution is 2.30. The molecule has 0 spiro atoms. The minimum absolute atomic E-state index is 0.397. The Bertz CT molecular complexity index is 394. The maximum atomic E-state index is 3.58. The number of thioether (sulfide) groups is 1. The van der Waals surface area contributed by atoms with Crippen LogP contribution in [0.5, 0.6) is 0 Å². The van der Waals surface area contributed by atoms with Gasteiger partial charge in [0.05, 0.1) is 0 Å². The largest absolute Gasteiger partial charge is 0.310 e. The fraction of sp³-hybridized carbons (Fsp3) is 0.625. The van der Waals surface area contributed by atoms with Gasteiger partial charge in [-0.15, -0.1) is 11.8 Å². The Kier molecular flexibility index (Phi) is 8.85. The maximum absolute atomic E-state index is 3.58. The second kappa shape index (κ2) is 9.82. The SMILES string of the molecule is CCNC(C)c1cc(Br)ccc1SCCN(CC)CC. The molecule has 1 aromatic rings. The molecule has 0 aliphatic heterocycles. The van der Waals surface area contributed by atoms with Crippen LogP contribution in [0.15, 0.2) is 27.6 Å². The van der Waals surface area contributed by atoms with E-state index in [1.165, 1.54) is 10.5 Å². The zero-order valence-electron chi connectivity index (χ0n) is 13.1. The Hall–Kier alpha value is -0.0300. The highest BCUT2D eigenvalue weighted by Gasteiger charge is 2.11. The first kappa shape index (κ1) is 18.0. The van der Waals surface area contributed by atoms with Crippen LogP contribution < -0.4 is 5.32 Å². The Morgan fingerprint density at radius 2 is 1.95 bits per heavy atom. The fourth-order valence-corrected chi connectivity index (χ4v) is 3.74. The van der Waals surface area contributed by atoms with E-state index in [1.807, 2.05) is 11.8 Å². The Balaban J connectivity index is 2.68. The van der Waals surface area contributed by atoms with E-state index in [0.717, 1.165) is 36.4 Å². The molecule has 0 saturated heterocycles. The molecule has 1 aromatic carbocycles. The first-order valence-corrected chi connectivity index (χ1v) is 9.28. The van der Waals surface area contributed by atoms with E-state index in [1.54, 1.807) is 0 Å². The van der Waals surface area contributed by atoms with Gasteiger partial charge in [0.25, 0.3) is 0 Å². The highest BCUT2D eigenvalue weighted by molar-refractivity contribution is 9.10. The van der Waals surface area contributed by atoms with Gasteiger partial charge in [-0.25, -0.2) is 0 Å². The molecular formula is C16H27BrN2S. The summed E-state index contributed by atoms with van der Waals surface area (Å²) in [5, 5.41) is 3.51. The summed E-state index contributed by atoms with van der Waals surface area (Å²) in [5.74, 6) is 1.15. The molecular weight excluding hydrogens is 332 g/mol. The van der Waals surface area contributed by atoms with Crippen LogP contribution >= 0.6 is 27.7 Å². The van der Waals surface area contributed by atoms with Crippen molar-refractivity contribution >= 4 is 27.7 Å². The van der Waals surface area contributed by atoms with E-state index in [0.29, 0.717) is 6.04 Å². The van der Waals surface area contributed by atoms with E-state index in [-0.39, 0.29) is 0 Å². The predicted octanol–water partition coefficient (Wildman–Crippen LogP) is 4.55. The van der Waals surface area contributed by atoms with Crippen molar-refractivity contribution < 1.29 is 0 Å². The molecule has 2 nitrogen and oxygen atoms in total. The van der Waals surface area contributed by atoms with Gasteiger partial charge in [-0.2, -0.15) is 0 Å². The highest BCUT2D eigenvalue weighted by atomic mass is 79.9. The lowest BCUT2D eigenvalue weighted by atomic mass is 10.1. The van der Waals surface area contributed by atoms with Crippen LogP contribution in [0, 0.1) is 0 Å². The van der Waals surface area contributed by atoms with Crippen molar-refractivity contribution in [2.45, 2.75) is 38.6 Å². The number of nitrogens with one attached hydrogen (secondary N) is 1. The predicted molar refractivity (Wildman–Crippen MR) is 94.7 cm³/mol. The third kappa shape index (κ3) is 5.76. The zero-order chi connectivity index (χ0) is 15.0. The van der Waals surface area contributed by atoms with Crippen molar-refractivity contribution in [1.82, 2.24) is 10.2 Å². The molecule has 0 aliphatic rings. The number of halogens is 1. The van der Waals surface area contributed by atoms with Crippen molar-refractivity contribution in [1.29, 1.82) is 0 Å². The quantitative estimate of drug-likeness (QED) is 0.651. The Morgan fingerprint density at radius 3 is 2.55 bits per heavy atom. The smallest absolute Gasteiger partial charge is 0.0303 e. The van der Waals surface area contributed by atoms with Gasteiger partial charge in [0, 0.05) is 27.7 Å². The standard InChI is InChI=1S/C16H27BrN2S/c1-5-18-13(4)15-12-14(17)8-9-16(15)20-11-10-19(6-2)7-3/h8-9,12-13,18H,5-7,10-11H2,1-4H3. The molecule has 0 radical (unpaired) electrons. The molecule has 20 heavy (non-hydrogen) atoms. The van der Waals surface area contributed by atoms with Crippen LogP contribution in [0.25, 0.3) is 0 Å². The molecule has 1 unspecified atom stereocenters. The molecule has 1 rings (SSSR count). The molecule has 0 aromatic heterocycles. The van der Waals surface area contributed by atoms with E-state index in [9.17, 15) is 0 Å². The summed E-state index contributed by atoms with van der Waals surface area (Å²) < 4.78 is 1.16. The van der Waals surface area contributed by atoms with E-state index in [4.69, 9.17) is 0 Å². The number of hydrogen-bond donors (Lipinski definition) is 1. The van der Waals surface area contributed by atoms with Gasteiger partial charge in [-0.05, 0) is 50.3 Å². The molecule has 114 valence electrons. The van der Waals surface area contributed by atoms with Crippen LogP contribution in [0.2, 0.25) is 0 Å².